The Balaban J connectivity index is 1.61. The van der Waals surface area contributed by atoms with Crippen molar-refractivity contribution in [1.82, 2.24) is 0 Å². The van der Waals surface area contributed by atoms with Crippen LogP contribution in [-0.4, -0.2) is 24.4 Å². The molecule has 0 fully saturated rings. The molecule has 138 valence electrons. The van der Waals surface area contributed by atoms with Crippen molar-refractivity contribution < 1.29 is 13.0 Å². The van der Waals surface area contributed by atoms with Crippen LogP contribution in [0.5, 0.6) is 0 Å². The third kappa shape index (κ3) is 2.96. The van der Waals surface area contributed by atoms with Gasteiger partial charge >= 0.3 is 0 Å². The molecule has 5 nitrogen and oxygen atoms in total. The van der Waals surface area contributed by atoms with E-state index in [1.165, 1.54) is 12.1 Å². The van der Waals surface area contributed by atoms with Gasteiger partial charge in [0.2, 0.25) is 0 Å². The van der Waals surface area contributed by atoms with Crippen molar-refractivity contribution >= 4 is 32.9 Å². The lowest BCUT2D eigenvalue weighted by atomic mass is 9.98. The lowest BCUT2D eigenvalue weighted by Crippen LogP contribution is -2.09. The zero-order valence-corrected chi connectivity index (χ0v) is 15.6. The number of para-hydroxylation sites is 2. The molecule has 28 heavy (non-hydrogen) atoms. The van der Waals surface area contributed by atoms with E-state index in [9.17, 15) is 13.0 Å². The van der Waals surface area contributed by atoms with Gasteiger partial charge < -0.3 is 0 Å². The summed E-state index contributed by atoms with van der Waals surface area (Å²) in [5.74, 6) is 0. The van der Waals surface area contributed by atoms with E-state index in [0.29, 0.717) is 24.0 Å². The molecule has 5 rings (SSSR count). The zero-order chi connectivity index (χ0) is 19.3. The van der Waals surface area contributed by atoms with Crippen LogP contribution in [0.25, 0.3) is 0 Å². The fourth-order valence-corrected chi connectivity index (χ4v) is 4.24. The maximum absolute atomic E-state index is 11.9. The van der Waals surface area contributed by atoms with Gasteiger partial charge in [-0.25, -0.2) is 0 Å². The summed E-state index contributed by atoms with van der Waals surface area (Å²) in [7, 11) is -4.35. The van der Waals surface area contributed by atoms with Crippen LogP contribution in [0.1, 0.15) is 22.3 Å². The smallest absolute Gasteiger partial charge is 0.282 e. The molecule has 1 N–H and O–H groups in total. The van der Waals surface area contributed by atoms with Crippen LogP contribution < -0.4 is 0 Å². The number of hydrogen-bond acceptors (Lipinski definition) is 4. The number of rotatable bonds is 3. The van der Waals surface area contributed by atoms with Crippen molar-refractivity contribution in [2.75, 3.05) is 0 Å². The molecule has 0 aromatic heterocycles. The molecule has 2 aliphatic rings. The largest absolute Gasteiger partial charge is 0.294 e. The molecule has 0 atom stereocenters. The first-order valence-corrected chi connectivity index (χ1v) is 10.4. The SMILES string of the molecule is O=S(=O)(O)c1cc(C2=Nc3ccccc3C2)cc(C2=Nc3ccccc3C2)c1. The van der Waals surface area contributed by atoms with Gasteiger partial charge in [-0.1, -0.05) is 36.4 Å². The minimum Gasteiger partial charge on any atom is -0.282 e. The molecule has 6 heteroatoms. The van der Waals surface area contributed by atoms with Crippen LogP contribution in [0.15, 0.2) is 81.6 Å². The van der Waals surface area contributed by atoms with E-state index < -0.39 is 10.1 Å². The summed E-state index contributed by atoms with van der Waals surface area (Å²) in [5.41, 5.74) is 6.90. The average molecular weight is 388 g/mol. The van der Waals surface area contributed by atoms with Crippen LogP contribution in [0, 0.1) is 0 Å². The zero-order valence-electron chi connectivity index (χ0n) is 14.8. The standard InChI is InChI=1S/C22H16N2O3S/c25-28(26,27)18-10-16(21-12-14-5-1-3-7-19(14)23-21)9-17(11-18)22-13-15-6-2-4-8-20(15)24-22/h1-11H,12-13H2,(H,25,26,27). The number of benzene rings is 3. The fourth-order valence-electron chi connectivity index (χ4n) is 3.68. The molecular formula is C22H16N2O3S. The molecule has 0 saturated heterocycles. The Kier molecular flexibility index (Phi) is 3.79. The van der Waals surface area contributed by atoms with Crippen molar-refractivity contribution in [2.24, 2.45) is 9.98 Å². The van der Waals surface area contributed by atoms with E-state index in [1.54, 1.807) is 0 Å². The number of aliphatic imine (C=N–C) groups is 2. The first kappa shape index (κ1) is 17.0. The third-order valence-corrected chi connectivity index (χ3v) is 5.91. The summed E-state index contributed by atoms with van der Waals surface area (Å²) in [6.07, 6.45) is 1.24. The fraction of sp³-hybridized carbons (Fsp3) is 0.0909. The normalized spacial score (nSPS) is 15.0. The summed E-state index contributed by atoms with van der Waals surface area (Å²) < 4.78 is 33.4. The molecule has 2 heterocycles. The van der Waals surface area contributed by atoms with Gasteiger partial charge in [-0.15, -0.1) is 0 Å². The summed E-state index contributed by atoms with van der Waals surface area (Å²) in [5, 5.41) is 0. The van der Waals surface area contributed by atoms with Crippen molar-refractivity contribution in [3.05, 3.63) is 89.0 Å². The van der Waals surface area contributed by atoms with Crippen LogP contribution >= 0.6 is 0 Å². The van der Waals surface area contributed by atoms with E-state index in [0.717, 1.165) is 33.9 Å². The van der Waals surface area contributed by atoms with Gasteiger partial charge in [-0.2, -0.15) is 8.42 Å². The topological polar surface area (TPSA) is 79.1 Å². The highest BCUT2D eigenvalue weighted by molar-refractivity contribution is 7.85. The second-order valence-electron chi connectivity index (χ2n) is 6.95. The summed E-state index contributed by atoms with van der Waals surface area (Å²) in [6.45, 7) is 0. The van der Waals surface area contributed by atoms with Gasteiger partial charge in [0, 0.05) is 12.8 Å². The van der Waals surface area contributed by atoms with Gasteiger partial charge in [0.15, 0.2) is 0 Å². The Morgan fingerprint density at radius 2 is 1.18 bits per heavy atom. The summed E-state index contributed by atoms with van der Waals surface area (Å²) in [4.78, 5) is 9.16. The molecule has 0 spiro atoms. The van der Waals surface area contributed by atoms with Crippen LogP contribution in [0.3, 0.4) is 0 Å². The quantitative estimate of drug-likeness (QED) is 0.680. The first-order chi connectivity index (χ1) is 13.5. The number of hydrogen-bond donors (Lipinski definition) is 1. The molecule has 3 aromatic rings. The highest BCUT2D eigenvalue weighted by atomic mass is 32.2. The van der Waals surface area contributed by atoms with Gasteiger partial charge in [-0.05, 0) is 52.6 Å². The highest BCUT2D eigenvalue weighted by Crippen LogP contribution is 2.32. The molecule has 0 aliphatic carbocycles. The Morgan fingerprint density at radius 3 is 1.61 bits per heavy atom. The van der Waals surface area contributed by atoms with Crippen molar-refractivity contribution in [1.29, 1.82) is 0 Å². The van der Waals surface area contributed by atoms with E-state index in [-0.39, 0.29) is 4.90 Å². The molecule has 0 saturated carbocycles. The molecule has 0 bridgehead atoms. The van der Waals surface area contributed by atoms with Crippen molar-refractivity contribution in [3.63, 3.8) is 0 Å². The Bertz CT molecular complexity index is 1210. The van der Waals surface area contributed by atoms with Crippen LogP contribution in [0.2, 0.25) is 0 Å². The first-order valence-electron chi connectivity index (χ1n) is 8.92. The minimum absolute atomic E-state index is 0.141. The number of nitrogens with zero attached hydrogens (tertiary/aromatic N) is 2. The molecule has 0 unspecified atom stereocenters. The van der Waals surface area contributed by atoms with E-state index in [2.05, 4.69) is 9.98 Å². The molecule has 2 aliphatic heterocycles. The molecule has 3 aromatic carbocycles. The van der Waals surface area contributed by atoms with E-state index in [1.807, 2.05) is 54.6 Å². The molecular weight excluding hydrogens is 372 g/mol. The Hall–Kier alpha value is -3.09. The van der Waals surface area contributed by atoms with Crippen LogP contribution in [0.4, 0.5) is 11.4 Å². The monoisotopic (exact) mass is 388 g/mol. The van der Waals surface area contributed by atoms with Crippen LogP contribution in [-0.2, 0) is 23.0 Å². The lowest BCUT2D eigenvalue weighted by Gasteiger charge is -2.09. The van der Waals surface area contributed by atoms with Gasteiger partial charge in [0.1, 0.15) is 0 Å². The lowest BCUT2D eigenvalue weighted by molar-refractivity contribution is 0.483. The van der Waals surface area contributed by atoms with E-state index >= 15 is 0 Å². The average Bonchev–Trinajstić information content (AvgIpc) is 3.31. The van der Waals surface area contributed by atoms with Gasteiger partial charge in [-0.3, -0.25) is 14.5 Å². The predicted molar refractivity (Wildman–Crippen MR) is 109 cm³/mol. The van der Waals surface area contributed by atoms with E-state index in [4.69, 9.17) is 0 Å². The molecule has 0 radical (unpaired) electrons. The second kappa shape index (κ2) is 6.22. The Morgan fingerprint density at radius 1 is 0.714 bits per heavy atom. The minimum atomic E-state index is -4.35. The highest BCUT2D eigenvalue weighted by Gasteiger charge is 2.22. The summed E-state index contributed by atoms with van der Waals surface area (Å²) >= 11 is 0. The second-order valence-corrected chi connectivity index (χ2v) is 8.37. The summed E-state index contributed by atoms with van der Waals surface area (Å²) in [6, 6.07) is 20.5. The van der Waals surface area contributed by atoms with Crippen molar-refractivity contribution in [3.8, 4) is 0 Å². The molecule has 0 amide bonds. The maximum Gasteiger partial charge on any atom is 0.294 e. The maximum atomic E-state index is 11.9. The Labute approximate surface area is 162 Å². The number of fused-ring (bicyclic) bond motifs is 2. The predicted octanol–water partition coefficient (Wildman–Crippen LogP) is 4.29. The van der Waals surface area contributed by atoms with Gasteiger partial charge in [0.05, 0.1) is 27.7 Å². The van der Waals surface area contributed by atoms with Gasteiger partial charge in [0.25, 0.3) is 10.1 Å². The van der Waals surface area contributed by atoms with Crippen molar-refractivity contribution in [2.45, 2.75) is 17.7 Å². The third-order valence-electron chi connectivity index (χ3n) is 5.08.